The number of methoxy groups -OCH3 is 1. The molecule has 0 aliphatic carbocycles. The first-order valence-corrected chi connectivity index (χ1v) is 6.42. The lowest BCUT2D eigenvalue weighted by Gasteiger charge is -2.14. The van der Waals surface area contributed by atoms with Gasteiger partial charge in [0.05, 0.1) is 12.8 Å². The summed E-state index contributed by atoms with van der Waals surface area (Å²) in [5, 5.41) is 10.6. The predicted molar refractivity (Wildman–Crippen MR) is 77.6 cm³/mol. The highest BCUT2D eigenvalue weighted by molar-refractivity contribution is 5.69. The Labute approximate surface area is 114 Å². The second-order valence-electron chi connectivity index (χ2n) is 4.83. The standard InChI is InChI=1S/C15H21N3O/c1-9-6-13(10(2)11(3)15(9)19-5)14-7-12(8-16-4)17-18-14/h6-7,16H,8H2,1-5H3,(H,17,18). The Bertz CT molecular complexity index is 587. The van der Waals surface area contributed by atoms with Crippen LogP contribution in [-0.2, 0) is 6.54 Å². The van der Waals surface area contributed by atoms with Crippen molar-refractivity contribution in [1.82, 2.24) is 15.5 Å². The molecule has 0 amide bonds. The fourth-order valence-electron chi connectivity index (χ4n) is 2.42. The number of aryl methyl sites for hydroxylation is 1. The number of hydrogen-bond acceptors (Lipinski definition) is 3. The lowest BCUT2D eigenvalue weighted by Crippen LogP contribution is -2.04. The van der Waals surface area contributed by atoms with Gasteiger partial charge in [0.25, 0.3) is 0 Å². The van der Waals surface area contributed by atoms with E-state index in [9.17, 15) is 0 Å². The van der Waals surface area contributed by atoms with Gasteiger partial charge >= 0.3 is 0 Å². The number of H-pyrrole nitrogens is 1. The average molecular weight is 259 g/mol. The number of rotatable bonds is 4. The summed E-state index contributed by atoms with van der Waals surface area (Å²) in [4.78, 5) is 0. The second-order valence-corrected chi connectivity index (χ2v) is 4.83. The molecule has 4 heteroatoms. The highest BCUT2D eigenvalue weighted by Gasteiger charge is 2.13. The summed E-state index contributed by atoms with van der Waals surface area (Å²) in [7, 11) is 3.64. The molecule has 0 aliphatic heterocycles. The van der Waals surface area contributed by atoms with Crippen LogP contribution in [0.3, 0.4) is 0 Å². The Hall–Kier alpha value is -1.81. The third-order valence-corrected chi connectivity index (χ3v) is 3.50. The molecular weight excluding hydrogens is 238 g/mol. The molecule has 1 aromatic heterocycles. The molecule has 0 spiro atoms. The molecule has 2 aromatic rings. The van der Waals surface area contributed by atoms with Gasteiger partial charge in [0.15, 0.2) is 0 Å². The van der Waals surface area contributed by atoms with Gasteiger partial charge in [-0.05, 0) is 56.6 Å². The van der Waals surface area contributed by atoms with E-state index in [2.05, 4.69) is 48.4 Å². The van der Waals surface area contributed by atoms with E-state index in [-0.39, 0.29) is 0 Å². The van der Waals surface area contributed by atoms with Gasteiger partial charge in [0.2, 0.25) is 0 Å². The minimum atomic E-state index is 0.792. The topological polar surface area (TPSA) is 49.9 Å². The second kappa shape index (κ2) is 5.45. The minimum absolute atomic E-state index is 0.792. The highest BCUT2D eigenvalue weighted by Crippen LogP contribution is 2.33. The monoisotopic (exact) mass is 259 g/mol. The zero-order chi connectivity index (χ0) is 14.0. The summed E-state index contributed by atoms with van der Waals surface area (Å²) in [6.45, 7) is 7.06. The largest absolute Gasteiger partial charge is 0.496 e. The van der Waals surface area contributed by atoms with Crippen molar-refractivity contribution in [2.45, 2.75) is 27.3 Å². The van der Waals surface area contributed by atoms with Gasteiger partial charge in [-0.1, -0.05) is 0 Å². The number of ether oxygens (including phenoxy) is 1. The number of aromatic amines is 1. The first-order chi connectivity index (χ1) is 9.08. The lowest BCUT2D eigenvalue weighted by molar-refractivity contribution is 0.408. The van der Waals surface area contributed by atoms with Gasteiger partial charge in [0, 0.05) is 17.8 Å². The summed E-state index contributed by atoms with van der Waals surface area (Å²) in [6.07, 6.45) is 0. The Balaban J connectivity index is 2.50. The van der Waals surface area contributed by atoms with E-state index in [1.54, 1.807) is 7.11 Å². The number of aromatic nitrogens is 2. The first kappa shape index (κ1) is 13.6. The van der Waals surface area contributed by atoms with E-state index in [1.807, 2.05) is 7.05 Å². The molecule has 102 valence electrons. The zero-order valence-corrected chi connectivity index (χ0v) is 12.2. The first-order valence-electron chi connectivity index (χ1n) is 6.42. The van der Waals surface area contributed by atoms with E-state index in [0.29, 0.717) is 0 Å². The molecule has 2 N–H and O–H groups in total. The van der Waals surface area contributed by atoms with Crippen LogP contribution >= 0.6 is 0 Å². The lowest BCUT2D eigenvalue weighted by atomic mass is 9.96. The van der Waals surface area contributed by atoms with Crippen molar-refractivity contribution in [3.8, 4) is 17.0 Å². The minimum Gasteiger partial charge on any atom is -0.496 e. The molecule has 0 radical (unpaired) electrons. The van der Waals surface area contributed by atoms with Crippen molar-refractivity contribution in [1.29, 1.82) is 0 Å². The highest BCUT2D eigenvalue weighted by atomic mass is 16.5. The molecule has 0 saturated heterocycles. The predicted octanol–water partition coefficient (Wildman–Crippen LogP) is 2.73. The van der Waals surface area contributed by atoms with Crippen LogP contribution in [0.2, 0.25) is 0 Å². The molecule has 2 rings (SSSR count). The quantitative estimate of drug-likeness (QED) is 0.887. The third-order valence-electron chi connectivity index (χ3n) is 3.50. The summed E-state index contributed by atoms with van der Waals surface area (Å²) >= 11 is 0. The SMILES string of the molecule is CNCc1cc(-c2cc(C)c(OC)c(C)c2C)n[nH]1. The van der Waals surface area contributed by atoms with Crippen LogP contribution in [0.1, 0.15) is 22.4 Å². The van der Waals surface area contributed by atoms with E-state index < -0.39 is 0 Å². The van der Waals surface area contributed by atoms with Crippen LogP contribution in [-0.4, -0.2) is 24.4 Å². The van der Waals surface area contributed by atoms with Crippen LogP contribution in [0.15, 0.2) is 12.1 Å². The molecule has 1 heterocycles. The van der Waals surface area contributed by atoms with Crippen molar-refractivity contribution < 1.29 is 4.74 Å². The van der Waals surface area contributed by atoms with Crippen molar-refractivity contribution in [2.24, 2.45) is 0 Å². The Morgan fingerprint density at radius 3 is 2.58 bits per heavy atom. The fraction of sp³-hybridized carbons (Fsp3) is 0.400. The van der Waals surface area contributed by atoms with Crippen molar-refractivity contribution in [3.63, 3.8) is 0 Å². The van der Waals surface area contributed by atoms with Crippen molar-refractivity contribution >= 4 is 0 Å². The van der Waals surface area contributed by atoms with Crippen LogP contribution in [0.4, 0.5) is 0 Å². The van der Waals surface area contributed by atoms with Gasteiger partial charge in [0.1, 0.15) is 5.75 Å². The Morgan fingerprint density at radius 2 is 1.95 bits per heavy atom. The molecule has 19 heavy (non-hydrogen) atoms. The summed E-state index contributed by atoms with van der Waals surface area (Å²) < 4.78 is 5.45. The van der Waals surface area contributed by atoms with Crippen LogP contribution in [0.5, 0.6) is 5.75 Å². The number of nitrogens with one attached hydrogen (secondary N) is 2. The molecule has 0 unspecified atom stereocenters. The Morgan fingerprint density at radius 1 is 1.21 bits per heavy atom. The van der Waals surface area contributed by atoms with Crippen LogP contribution < -0.4 is 10.1 Å². The van der Waals surface area contributed by atoms with E-state index in [1.165, 1.54) is 11.1 Å². The fourth-order valence-corrected chi connectivity index (χ4v) is 2.42. The van der Waals surface area contributed by atoms with E-state index in [4.69, 9.17) is 4.74 Å². The third kappa shape index (κ3) is 2.49. The maximum Gasteiger partial charge on any atom is 0.124 e. The molecule has 4 nitrogen and oxygen atoms in total. The molecule has 0 bridgehead atoms. The van der Waals surface area contributed by atoms with Crippen molar-refractivity contribution in [2.75, 3.05) is 14.2 Å². The average Bonchev–Trinajstić information content (AvgIpc) is 2.83. The van der Waals surface area contributed by atoms with Gasteiger partial charge < -0.3 is 10.1 Å². The zero-order valence-electron chi connectivity index (χ0n) is 12.2. The molecule has 0 saturated carbocycles. The van der Waals surface area contributed by atoms with E-state index >= 15 is 0 Å². The molecule has 1 aromatic carbocycles. The van der Waals surface area contributed by atoms with Gasteiger partial charge in [-0.15, -0.1) is 0 Å². The molecule has 0 aliphatic rings. The summed E-state index contributed by atoms with van der Waals surface area (Å²) in [5.74, 6) is 0.965. The number of hydrogen-bond donors (Lipinski definition) is 2. The van der Waals surface area contributed by atoms with E-state index in [0.717, 1.165) is 34.8 Å². The smallest absolute Gasteiger partial charge is 0.124 e. The number of benzene rings is 1. The molecular formula is C15H21N3O. The maximum absolute atomic E-state index is 5.45. The summed E-state index contributed by atoms with van der Waals surface area (Å²) in [5.41, 5.74) is 6.76. The van der Waals surface area contributed by atoms with Gasteiger partial charge in [-0.2, -0.15) is 5.10 Å². The number of nitrogens with zero attached hydrogens (tertiary/aromatic N) is 1. The Kier molecular flexibility index (Phi) is 3.90. The maximum atomic E-state index is 5.45. The normalized spacial score (nSPS) is 10.8. The van der Waals surface area contributed by atoms with Crippen LogP contribution in [0, 0.1) is 20.8 Å². The molecule has 0 fully saturated rings. The van der Waals surface area contributed by atoms with Crippen molar-refractivity contribution in [3.05, 3.63) is 34.5 Å². The van der Waals surface area contributed by atoms with Gasteiger partial charge in [-0.25, -0.2) is 0 Å². The summed E-state index contributed by atoms with van der Waals surface area (Å²) in [6, 6.07) is 4.23. The van der Waals surface area contributed by atoms with Gasteiger partial charge in [-0.3, -0.25) is 5.10 Å². The van der Waals surface area contributed by atoms with Crippen LogP contribution in [0.25, 0.3) is 11.3 Å². The molecule has 0 atom stereocenters.